The van der Waals surface area contributed by atoms with Crippen molar-refractivity contribution in [1.29, 1.82) is 0 Å². The average Bonchev–Trinajstić information content (AvgIpc) is 2.69. The molecule has 7 heteroatoms. The van der Waals surface area contributed by atoms with E-state index in [0.717, 1.165) is 36.1 Å². The third kappa shape index (κ3) is 5.79. The van der Waals surface area contributed by atoms with Crippen molar-refractivity contribution in [2.75, 3.05) is 13.2 Å². The number of benzene rings is 1. The van der Waals surface area contributed by atoms with Gasteiger partial charge >= 0.3 is 6.09 Å². The highest BCUT2D eigenvalue weighted by Crippen LogP contribution is 2.41. The molecule has 2 amide bonds. The van der Waals surface area contributed by atoms with Gasteiger partial charge in [-0.05, 0) is 31.7 Å². The van der Waals surface area contributed by atoms with Gasteiger partial charge < -0.3 is 15.5 Å². The molecule has 0 heterocycles. The molecule has 1 aliphatic rings. The minimum atomic E-state index is -1.23. The number of carbonyl (C=O) groups excluding carboxylic acids is 2. The molecule has 1 fully saturated rings. The van der Waals surface area contributed by atoms with Gasteiger partial charge in [-0.2, -0.15) is 0 Å². The van der Waals surface area contributed by atoms with Gasteiger partial charge in [0.15, 0.2) is 0 Å². The quantitative estimate of drug-likeness (QED) is 0.491. The van der Waals surface area contributed by atoms with Crippen molar-refractivity contribution in [2.24, 2.45) is 5.41 Å². The van der Waals surface area contributed by atoms with Crippen molar-refractivity contribution >= 4 is 17.8 Å². The molecule has 0 saturated heterocycles. The maximum Gasteiger partial charge on any atom is 0.407 e. The molecule has 0 aromatic heterocycles. The number of hydrogen-bond donors (Lipinski definition) is 3. The zero-order valence-corrected chi connectivity index (χ0v) is 17.3. The summed E-state index contributed by atoms with van der Waals surface area (Å²) in [5.41, 5.74) is 0.360. The van der Waals surface area contributed by atoms with Crippen LogP contribution in [0.15, 0.2) is 30.3 Å². The van der Waals surface area contributed by atoms with E-state index in [4.69, 9.17) is 0 Å². The van der Waals surface area contributed by atoms with Crippen molar-refractivity contribution in [3.8, 4) is 0 Å². The Morgan fingerprint density at radius 1 is 1.21 bits per heavy atom. The summed E-state index contributed by atoms with van der Waals surface area (Å²) < 4.78 is 0. The highest BCUT2D eigenvalue weighted by Gasteiger charge is 2.43. The van der Waals surface area contributed by atoms with E-state index in [1.165, 1.54) is 0 Å². The van der Waals surface area contributed by atoms with Crippen LogP contribution in [-0.2, 0) is 9.59 Å². The predicted octanol–water partition coefficient (Wildman–Crippen LogP) is 3.13. The first-order valence-electron chi connectivity index (χ1n) is 10.3. The molecular weight excluding hydrogens is 372 g/mol. The maximum absolute atomic E-state index is 13.0. The van der Waals surface area contributed by atoms with E-state index in [2.05, 4.69) is 5.32 Å². The van der Waals surface area contributed by atoms with Crippen LogP contribution >= 0.6 is 0 Å². The number of nitrogens with one attached hydrogen (secondary N) is 1. The second-order valence-electron chi connectivity index (χ2n) is 8.05. The third-order valence-electron chi connectivity index (χ3n) is 5.88. The number of carboxylic acid groups (broad SMARTS) is 1. The molecule has 160 valence electrons. The van der Waals surface area contributed by atoms with E-state index in [0.29, 0.717) is 6.42 Å². The van der Waals surface area contributed by atoms with Gasteiger partial charge in [0, 0.05) is 12.0 Å². The number of aliphatic hydroxyl groups is 1. The smallest absolute Gasteiger partial charge is 0.407 e. The van der Waals surface area contributed by atoms with Crippen LogP contribution in [0, 0.1) is 5.41 Å². The van der Waals surface area contributed by atoms with Gasteiger partial charge in [0.25, 0.3) is 5.91 Å². The van der Waals surface area contributed by atoms with Gasteiger partial charge in [-0.25, -0.2) is 4.79 Å². The molecule has 2 rings (SSSR count). The van der Waals surface area contributed by atoms with Crippen LogP contribution < -0.4 is 5.32 Å². The second-order valence-corrected chi connectivity index (χ2v) is 8.05. The summed E-state index contributed by atoms with van der Waals surface area (Å²) >= 11 is 0. The molecule has 2 atom stereocenters. The van der Waals surface area contributed by atoms with Gasteiger partial charge in [-0.15, -0.1) is 0 Å². The maximum atomic E-state index is 13.0. The van der Waals surface area contributed by atoms with E-state index in [9.17, 15) is 24.6 Å². The number of unbranched alkanes of at least 4 members (excludes halogenated alkanes) is 1. The lowest BCUT2D eigenvalue weighted by Crippen LogP contribution is -2.55. The Balaban J connectivity index is 2.16. The SMILES string of the molecule is CCCC[C@@H](C(=O)C(=O)N[C@H](C)c1ccccc1)N(CC1(CO)CCC1)C(=O)O. The fourth-order valence-electron chi connectivity index (χ4n) is 3.79. The van der Waals surface area contributed by atoms with Crippen molar-refractivity contribution in [3.63, 3.8) is 0 Å². The van der Waals surface area contributed by atoms with Gasteiger partial charge in [-0.1, -0.05) is 56.5 Å². The Morgan fingerprint density at radius 3 is 2.34 bits per heavy atom. The number of ketones is 1. The summed E-state index contributed by atoms with van der Waals surface area (Å²) in [6.45, 7) is 3.68. The van der Waals surface area contributed by atoms with Crippen molar-refractivity contribution in [3.05, 3.63) is 35.9 Å². The Labute approximate surface area is 172 Å². The summed E-state index contributed by atoms with van der Waals surface area (Å²) in [6, 6.07) is 7.87. The monoisotopic (exact) mass is 404 g/mol. The lowest BCUT2D eigenvalue weighted by molar-refractivity contribution is -0.142. The van der Waals surface area contributed by atoms with Crippen molar-refractivity contribution in [1.82, 2.24) is 10.2 Å². The van der Waals surface area contributed by atoms with Gasteiger partial charge in [0.05, 0.1) is 12.6 Å². The number of aliphatic hydroxyl groups excluding tert-OH is 1. The molecule has 0 spiro atoms. The van der Waals surface area contributed by atoms with Crippen LogP contribution in [0.1, 0.15) is 64.0 Å². The molecule has 1 aliphatic carbocycles. The molecule has 1 aromatic carbocycles. The first-order chi connectivity index (χ1) is 13.8. The number of rotatable bonds is 11. The zero-order valence-electron chi connectivity index (χ0n) is 17.3. The molecule has 7 nitrogen and oxygen atoms in total. The molecule has 1 aromatic rings. The molecule has 3 N–H and O–H groups in total. The third-order valence-corrected chi connectivity index (χ3v) is 5.88. The molecule has 0 unspecified atom stereocenters. The van der Waals surface area contributed by atoms with E-state index >= 15 is 0 Å². The molecule has 0 radical (unpaired) electrons. The number of nitrogens with zero attached hydrogens (tertiary/aromatic N) is 1. The Bertz CT molecular complexity index is 697. The summed E-state index contributed by atoms with van der Waals surface area (Å²) in [6.07, 6.45) is 2.84. The topological polar surface area (TPSA) is 107 Å². The highest BCUT2D eigenvalue weighted by atomic mass is 16.4. The normalized spacial score (nSPS) is 16.9. The van der Waals surface area contributed by atoms with Crippen LogP contribution in [0.3, 0.4) is 0 Å². The predicted molar refractivity (Wildman–Crippen MR) is 109 cm³/mol. The fourth-order valence-corrected chi connectivity index (χ4v) is 3.79. The van der Waals surface area contributed by atoms with Crippen LogP contribution in [0.25, 0.3) is 0 Å². The number of carbonyl (C=O) groups is 3. The first-order valence-corrected chi connectivity index (χ1v) is 10.3. The summed E-state index contributed by atoms with van der Waals surface area (Å²) in [5.74, 6) is -1.52. The fraction of sp³-hybridized carbons (Fsp3) is 0.591. The van der Waals surface area contributed by atoms with E-state index in [-0.39, 0.29) is 25.6 Å². The van der Waals surface area contributed by atoms with Gasteiger partial charge in [-0.3, -0.25) is 14.5 Å². The minimum absolute atomic E-state index is 0.0699. The van der Waals surface area contributed by atoms with Crippen LogP contribution in [0.4, 0.5) is 4.79 Å². The lowest BCUT2D eigenvalue weighted by Gasteiger charge is -2.44. The molecule has 0 aliphatic heterocycles. The van der Waals surface area contributed by atoms with Crippen LogP contribution in [0.2, 0.25) is 0 Å². The van der Waals surface area contributed by atoms with Crippen molar-refractivity contribution in [2.45, 2.75) is 64.5 Å². The summed E-state index contributed by atoms with van der Waals surface area (Å²) in [4.78, 5) is 38.6. The van der Waals surface area contributed by atoms with Crippen LogP contribution in [-0.4, -0.2) is 52.1 Å². The number of amides is 2. The Morgan fingerprint density at radius 2 is 1.86 bits per heavy atom. The molecular formula is C22H32N2O5. The Kier molecular flexibility index (Phi) is 8.20. The molecule has 1 saturated carbocycles. The van der Waals surface area contributed by atoms with E-state index in [1.54, 1.807) is 6.92 Å². The average molecular weight is 405 g/mol. The largest absolute Gasteiger partial charge is 0.465 e. The second kappa shape index (κ2) is 10.4. The highest BCUT2D eigenvalue weighted by molar-refractivity contribution is 6.38. The lowest BCUT2D eigenvalue weighted by atomic mass is 9.69. The van der Waals surface area contributed by atoms with Gasteiger partial charge in [0.2, 0.25) is 5.78 Å². The van der Waals surface area contributed by atoms with Crippen LogP contribution in [0.5, 0.6) is 0 Å². The standard InChI is InChI=1S/C22H32N2O5/c1-3-4-11-18(24(21(28)29)14-22(15-25)12-8-13-22)19(26)20(27)23-16(2)17-9-6-5-7-10-17/h5-7,9-10,16,18,25H,3-4,8,11-15H2,1-2H3,(H,23,27)(H,28,29)/t16-,18+/m1/s1. The summed E-state index contributed by atoms with van der Waals surface area (Å²) in [7, 11) is 0. The molecule has 0 bridgehead atoms. The zero-order chi connectivity index (χ0) is 21.4. The van der Waals surface area contributed by atoms with E-state index in [1.807, 2.05) is 37.3 Å². The van der Waals surface area contributed by atoms with E-state index < -0.39 is 29.2 Å². The number of hydrogen-bond acceptors (Lipinski definition) is 4. The van der Waals surface area contributed by atoms with Gasteiger partial charge in [0.1, 0.15) is 6.04 Å². The number of Topliss-reactive ketones (excluding diaryl/α,β-unsaturated/α-hetero) is 1. The molecule has 29 heavy (non-hydrogen) atoms. The van der Waals surface area contributed by atoms with Crippen molar-refractivity contribution < 1.29 is 24.6 Å². The first kappa shape index (κ1) is 22.9. The Hall–Kier alpha value is -2.41. The minimum Gasteiger partial charge on any atom is -0.465 e. The summed E-state index contributed by atoms with van der Waals surface area (Å²) in [5, 5.41) is 22.2.